The highest BCUT2D eigenvalue weighted by atomic mass is 16.5. The molecule has 1 unspecified atom stereocenters. The minimum Gasteiger partial charge on any atom is -0.494 e. The summed E-state index contributed by atoms with van der Waals surface area (Å²) >= 11 is 0. The fourth-order valence-electron chi connectivity index (χ4n) is 3.27. The van der Waals surface area contributed by atoms with Gasteiger partial charge in [-0.3, -0.25) is 9.59 Å². The highest BCUT2D eigenvalue weighted by molar-refractivity contribution is 5.93. The Morgan fingerprint density at radius 1 is 1.04 bits per heavy atom. The van der Waals surface area contributed by atoms with Crippen LogP contribution >= 0.6 is 0 Å². The van der Waals surface area contributed by atoms with Gasteiger partial charge in [0.05, 0.1) is 12.5 Å². The SMILES string of the molecule is O=C(Nc1ccccc1)C1CCCN(C(=O)CCCOc2ccccc2)C1. The number of piperidine rings is 1. The number of anilines is 1. The summed E-state index contributed by atoms with van der Waals surface area (Å²) in [6.45, 7) is 1.74. The molecule has 1 heterocycles. The fraction of sp³-hybridized carbons (Fsp3) is 0.364. The van der Waals surface area contributed by atoms with Crippen molar-refractivity contribution < 1.29 is 14.3 Å². The highest BCUT2D eigenvalue weighted by Gasteiger charge is 2.28. The van der Waals surface area contributed by atoms with Gasteiger partial charge in [0.2, 0.25) is 11.8 Å². The van der Waals surface area contributed by atoms with E-state index in [9.17, 15) is 9.59 Å². The molecule has 0 spiro atoms. The Morgan fingerprint density at radius 2 is 1.74 bits per heavy atom. The van der Waals surface area contributed by atoms with Crippen LogP contribution in [0.4, 0.5) is 5.69 Å². The smallest absolute Gasteiger partial charge is 0.229 e. The Hall–Kier alpha value is -2.82. The molecule has 142 valence electrons. The van der Waals surface area contributed by atoms with E-state index in [2.05, 4.69) is 5.32 Å². The minimum atomic E-state index is -0.150. The lowest BCUT2D eigenvalue weighted by Gasteiger charge is -2.32. The molecule has 5 heteroatoms. The summed E-state index contributed by atoms with van der Waals surface area (Å²) in [5.74, 6) is 0.763. The molecule has 0 saturated carbocycles. The summed E-state index contributed by atoms with van der Waals surface area (Å²) in [4.78, 5) is 26.8. The van der Waals surface area contributed by atoms with Gasteiger partial charge in [-0.2, -0.15) is 0 Å². The molecule has 1 aliphatic heterocycles. The van der Waals surface area contributed by atoms with Crippen LogP contribution in [-0.2, 0) is 9.59 Å². The maximum absolute atomic E-state index is 12.5. The lowest BCUT2D eigenvalue weighted by atomic mass is 9.96. The molecule has 1 fully saturated rings. The van der Waals surface area contributed by atoms with E-state index in [1.807, 2.05) is 65.6 Å². The second-order valence-electron chi connectivity index (χ2n) is 6.80. The number of rotatable bonds is 7. The normalized spacial score (nSPS) is 16.6. The maximum atomic E-state index is 12.5. The van der Waals surface area contributed by atoms with Gasteiger partial charge < -0.3 is 15.0 Å². The van der Waals surface area contributed by atoms with E-state index < -0.39 is 0 Å². The van der Waals surface area contributed by atoms with E-state index in [-0.39, 0.29) is 17.7 Å². The number of para-hydroxylation sites is 2. The molecule has 0 bridgehead atoms. The second kappa shape index (κ2) is 9.76. The summed E-state index contributed by atoms with van der Waals surface area (Å²) in [6.07, 6.45) is 2.80. The topological polar surface area (TPSA) is 58.6 Å². The van der Waals surface area contributed by atoms with E-state index in [1.165, 1.54) is 0 Å². The van der Waals surface area contributed by atoms with Crippen molar-refractivity contribution in [2.75, 3.05) is 25.0 Å². The Balaban J connectivity index is 1.41. The summed E-state index contributed by atoms with van der Waals surface area (Å²) in [5, 5.41) is 2.94. The number of hydrogen-bond donors (Lipinski definition) is 1. The molecule has 1 N–H and O–H groups in total. The van der Waals surface area contributed by atoms with Gasteiger partial charge >= 0.3 is 0 Å². The number of carbonyl (C=O) groups excluding carboxylic acids is 2. The number of carbonyl (C=O) groups is 2. The standard InChI is InChI=1S/C22H26N2O3/c25-21(14-8-16-27-20-12-5-2-6-13-20)24-15-7-9-18(17-24)22(26)23-19-10-3-1-4-11-19/h1-6,10-13,18H,7-9,14-17H2,(H,23,26). The molecule has 2 amide bonds. The van der Waals surface area contributed by atoms with Crippen molar-refractivity contribution in [3.8, 4) is 5.75 Å². The molecule has 1 atom stereocenters. The summed E-state index contributed by atoms with van der Waals surface area (Å²) in [5.41, 5.74) is 0.795. The molecule has 27 heavy (non-hydrogen) atoms. The van der Waals surface area contributed by atoms with E-state index in [0.29, 0.717) is 26.0 Å². The third-order valence-corrected chi connectivity index (χ3v) is 4.73. The van der Waals surface area contributed by atoms with Crippen LogP contribution in [0.5, 0.6) is 5.75 Å². The van der Waals surface area contributed by atoms with Crippen molar-refractivity contribution in [3.05, 3.63) is 60.7 Å². The van der Waals surface area contributed by atoms with Crippen LogP contribution in [0.15, 0.2) is 60.7 Å². The Bertz CT molecular complexity index is 734. The molecule has 0 aromatic heterocycles. The molecular weight excluding hydrogens is 340 g/mol. The van der Waals surface area contributed by atoms with Gasteiger partial charge in [-0.1, -0.05) is 36.4 Å². The molecular formula is C22H26N2O3. The number of likely N-dealkylation sites (tertiary alicyclic amines) is 1. The molecule has 2 aromatic rings. The Morgan fingerprint density at radius 3 is 2.48 bits per heavy atom. The predicted molar refractivity (Wildman–Crippen MR) is 106 cm³/mol. The van der Waals surface area contributed by atoms with Crippen LogP contribution in [0.1, 0.15) is 25.7 Å². The quantitative estimate of drug-likeness (QED) is 0.760. The average molecular weight is 366 g/mol. The highest BCUT2D eigenvalue weighted by Crippen LogP contribution is 2.20. The fourth-order valence-corrected chi connectivity index (χ4v) is 3.27. The van der Waals surface area contributed by atoms with Crippen molar-refractivity contribution in [2.24, 2.45) is 5.92 Å². The number of benzene rings is 2. The van der Waals surface area contributed by atoms with Crippen molar-refractivity contribution in [3.63, 3.8) is 0 Å². The van der Waals surface area contributed by atoms with E-state index >= 15 is 0 Å². The number of ether oxygens (including phenoxy) is 1. The predicted octanol–water partition coefficient (Wildman–Crippen LogP) is 3.72. The number of nitrogens with one attached hydrogen (secondary N) is 1. The molecule has 0 radical (unpaired) electrons. The van der Waals surface area contributed by atoms with Gasteiger partial charge in [-0.05, 0) is 43.5 Å². The zero-order valence-corrected chi connectivity index (χ0v) is 15.5. The van der Waals surface area contributed by atoms with Gasteiger partial charge in [-0.15, -0.1) is 0 Å². The van der Waals surface area contributed by atoms with Crippen LogP contribution in [0.25, 0.3) is 0 Å². The van der Waals surface area contributed by atoms with Crippen LogP contribution in [0.3, 0.4) is 0 Å². The van der Waals surface area contributed by atoms with Gasteiger partial charge in [0.15, 0.2) is 0 Å². The first-order valence-corrected chi connectivity index (χ1v) is 9.54. The lowest BCUT2D eigenvalue weighted by molar-refractivity contribution is -0.134. The Labute approximate surface area is 160 Å². The van der Waals surface area contributed by atoms with Crippen LogP contribution in [0.2, 0.25) is 0 Å². The molecule has 0 aliphatic carbocycles. The third-order valence-electron chi connectivity index (χ3n) is 4.73. The number of nitrogens with zero attached hydrogens (tertiary/aromatic N) is 1. The first-order chi connectivity index (χ1) is 13.2. The molecule has 1 aliphatic rings. The molecule has 5 nitrogen and oxygen atoms in total. The number of amides is 2. The van der Waals surface area contributed by atoms with Gasteiger partial charge in [0.1, 0.15) is 5.75 Å². The minimum absolute atomic E-state index is 0.00823. The van der Waals surface area contributed by atoms with E-state index in [4.69, 9.17) is 4.74 Å². The van der Waals surface area contributed by atoms with Gasteiger partial charge in [0, 0.05) is 25.2 Å². The first kappa shape index (κ1) is 19.0. The van der Waals surface area contributed by atoms with Gasteiger partial charge in [-0.25, -0.2) is 0 Å². The van der Waals surface area contributed by atoms with Crippen molar-refractivity contribution in [1.82, 2.24) is 4.90 Å². The van der Waals surface area contributed by atoms with Gasteiger partial charge in [0.25, 0.3) is 0 Å². The Kier molecular flexibility index (Phi) is 6.85. The summed E-state index contributed by atoms with van der Waals surface area (Å²) < 4.78 is 5.63. The largest absolute Gasteiger partial charge is 0.494 e. The summed E-state index contributed by atoms with van der Waals surface area (Å²) in [7, 11) is 0. The third kappa shape index (κ3) is 5.84. The number of hydrogen-bond acceptors (Lipinski definition) is 3. The van der Waals surface area contributed by atoms with E-state index in [0.717, 1.165) is 30.8 Å². The monoisotopic (exact) mass is 366 g/mol. The molecule has 2 aromatic carbocycles. The van der Waals surface area contributed by atoms with Crippen molar-refractivity contribution >= 4 is 17.5 Å². The molecule has 1 saturated heterocycles. The van der Waals surface area contributed by atoms with Crippen molar-refractivity contribution in [1.29, 1.82) is 0 Å². The molecule has 3 rings (SSSR count). The first-order valence-electron chi connectivity index (χ1n) is 9.54. The van der Waals surface area contributed by atoms with Crippen molar-refractivity contribution in [2.45, 2.75) is 25.7 Å². The second-order valence-corrected chi connectivity index (χ2v) is 6.80. The lowest BCUT2D eigenvalue weighted by Crippen LogP contribution is -2.43. The average Bonchev–Trinajstić information content (AvgIpc) is 2.72. The van der Waals surface area contributed by atoms with Crippen LogP contribution in [0, 0.1) is 5.92 Å². The summed E-state index contributed by atoms with van der Waals surface area (Å²) in [6, 6.07) is 19.0. The zero-order valence-electron chi connectivity index (χ0n) is 15.5. The van der Waals surface area contributed by atoms with Crippen LogP contribution in [-0.4, -0.2) is 36.4 Å². The maximum Gasteiger partial charge on any atom is 0.229 e. The zero-order chi connectivity index (χ0) is 18.9. The van der Waals surface area contributed by atoms with Crippen LogP contribution < -0.4 is 10.1 Å². The van der Waals surface area contributed by atoms with E-state index in [1.54, 1.807) is 0 Å².